The summed E-state index contributed by atoms with van der Waals surface area (Å²) < 4.78 is 0. The number of likely N-dealkylation sites (N-methyl/N-ethyl adjacent to an activating group) is 1. The minimum atomic E-state index is 0.218. The molecule has 0 saturated heterocycles. The molecule has 1 fully saturated rings. The summed E-state index contributed by atoms with van der Waals surface area (Å²) in [4.78, 5) is 2.49. The van der Waals surface area contributed by atoms with Gasteiger partial charge < -0.3 is 10.6 Å². The van der Waals surface area contributed by atoms with Crippen molar-refractivity contribution in [3.63, 3.8) is 0 Å². The lowest BCUT2D eigenvalue weighted by Gasteiger charge is -2.37. The summed E-state index contributed by atoms with van der Waals surface area (Å²) in [6.45, 7) is 10.1. The molecule has 2 N–H and O–H groups in total. The highest BCUT2D eigenvalue weighted by molar-refractivity contribution is 4.83. The Morgan fingerprint density at radius 3 is 2.12 bits per heavy atom. The summed E-state index contributed by atoms with van der Waals surface area (Å²) in [6.07, 6.45) is 5.49. The van der Waals surface area contributed by atoms with Gasteiger partial charge in [-0.25, -0.2) is 0 Å². The van der Waals surface area contributed by atoms with Gasteiger partial charge in [0.15, 0.2) is 0 Å². The molecule has 1 aliphatic rings. The highest BCUT2D eigenvalue weighted by Gasteiger charge is 2.26. The van der Waals surface area contributed by atoms with Crippen LogP contribution in [-0.4, -0.2) is 30.6 Å². The lowest BCUT2D eigenvalue weighted by molar-refractivity contribution is 0.139. The number of hydrogen-bond acceptors (Lipinski definition) is 2. The minimum absolute atomic E-state index is 0.218. The van der Waals surface area contributed by atoms with Crippen LogP contribution in [0.3, 0.4) is 0 Å². The third-order valence-corrected chi connectivity index (χ3v) is 4.21. The summed E-state index contributed by atoms with van der Waals surface area (Å²) >= 11 is 0. The van der Waals surface area contributed by atoms with Gasteiger partial charge in [0.1, 0.15) is 0 Å². The smallest absolute Gasteiger partial charge is 0.0217 e. The van der Waals surface area contributed by atoms with Gasteiger partial charge in [0.05, 0.1) is 0 Å². The maximum atomic E-state index is 6.24. The van der Waals surface area contributed by atoms with Crippen molar-refractivity contribution in [2.45, 2.75) is 65.5 Å². The van der Waals surface area contributed by atoms with Crippen LogP contribution in [0.4, 0.5) is 0 Å². The molecule has 0 amide bonds. The van der Waals surface area contributed by atoms with Crippen LogP contribution in [0.15, 0.2) is 0 Å². The summed E-state index contributed by atoms with van der Waals surface area (Å²) in [5, 5.41) is 0. The van der Waals surface area contributed by atoms with E-state index in [1.54, 1.807) is 0 Å². The van der Waals surface area contributed by atoms with E-state index < -0.39 is 0 Å². The molecule has 1 rings (SSSR count). The third-order valence-electron chi connectivity index (χ3n) is 4.21. The molecule has 1 aliphatic carbocycles. The number of rotatable bonds is 3. The Balaban J connectivity index is 2.37. The highest BCUT2D eigenvalue weighted by Crippen LogP contribution is 2.27. The van der Waals surface area contributed by atoms with Crippen LogP contribution in [0.5, 0.6) is 0 Å². The molecule has 96 valence electrons. The Hall–Kier alpha value is -0.0800. The van der Waals surface area contributed by atoms with Crippen LogP contribution in [0.25, 0.3) is 0 Å². The first-order valence-corrected chi connectivity index (χ1v) is 6.76. The van der Waals surface area contributed by atoms with E-state index in [1.807, 2.05) is 0 Å². The Kier molecular flexibility index (Phi) is 4.81. The minimum Gasteiger partial charge on any atom is -0.326 e. The molecule has 0 aromatic rings. The van der Waals surface area contributed by atoms with Crippen LogP contribution >= 0.6 is 0 Å². The molecular formula is C14H30N2. The van der Waals surface area contributed by atoms with E-state index in [4.69, 9.17) is 5.73 Å². The van der Waals surface area contributed by atoms with Crippen molar-refractivity contribution in [1.29, 1.82) is 0 Å². The molecule has 0 aliphatic heterocycles. The Morgan fingerprint density at radius 2 is 1.69 bits per heavy atom. The second-order valence-corrected chi connectivity index (χ2v) is 6.83. The predicted octanol–water partition coefficient (Wildman–Crippen LogP) is 2.87. The monoisotopic (exact) mass is 226 g/mol. The summed E-state index contributed by atoms with van der Waals surface area (Å²) in [7, 11) is 2.24. The molecule has 16 heavy (non-hydrogen) atoms. The average molecular weight is 226 g/mol. The summed E-state index contributed by atoms with van der Waals surface area (Å²) in [5.41, 5.74) is 6.46. The predicted molar refractivity (Wildman–Crippen MR) is 71.5 cm³/mol. The van der Waals surface area contributed by atoms with Crippen LogP contribution in [0.1, 0.15) is 53.4 Å². The Bertz CT molecular complexity index is 199. The molecule has 2 nitrogen and oxygen atoms in total. The molecule has 1 unspecified atom stereocenters. The molecule has 1 saturated carbocycles. The van der Waals surface area contributed by atoms with Crippen LogP contribution in [-0.2, 0) is 0 Å². The zero-order valence-electron chi connectivity index (χ0n) is 11.8. The van der Waals surface area contributed by atoms with E-state index >= 15 is 0 Å². The van der Waals surface area contributed by atoms with E-state index in [9.17, 15) is 0 Å². The molecule has 0 heterocycles. The fraction of sp³-hybridized carbons (Fsp3) is 1.00. The fourth-order valence-electron chi connectivity index (χ4n) is 2.42. The summed E-state index contributed by atoms with van der Waals surface area (Å²) in [5.74, 6) is 0.931. The quantitative estimate of drug-likeness (QED) is 0.802. The number of nitrogens with zero attached hydrogens (tertiary/aromatic N) is 1. The second kappa shape index (κ2) is 5.50. The molecular weight excluding hydrogens is 196 g/mol. The van der Waals surface area contributed by atoms with Crippen molar-refractivity contribution >= 4 is 0 Å². The van der Waals surface area contributed by atoms with Gasteiger partial charge in [-0.05, 0) is 44.1 Å². The topological polar surface area (TPSA) is 29.3 Å². The van der Waals surface area contributed by atoms with Gasteiger partial charge in [-0.2, -0.15) is 0 Å². The molecule has 0 aromatic carbocycles. The van der Waals surface area contributed by atoms with Crippen LogP contribution in [0, 0.1) is 11.3 Å². The van der Waals surface area contributed by atoms with E-state index in [0.717, 1.165) is 18.5 Å². The molecule has 0 bridgehead atoms. The number of nitrogens with two attached hydrogens (primary N) is 1. The average Bonchev–Trinajstić information content (AvgIpc) is 2.17. The van der Waals surface area contributed by atoms with Crippen molar-refractivity contribution < 1.29 is 0 Å². The maximum absolute atomic E-state index is 6.24. The standard InChI is InChI=1S/C14H30N2/c1-11-6-8-12(9-7-11)16(5)10-13(15)14(2,3)4/h11-13H,6-10,15H2,1-5H3. The zero-order chi connectivity index (χ0) is 12.3. The zero-order valence-corrected chi connectivity index (χ0v) is 11.8. The van der Waals surface area contributed by atoms with Crippen LogP contribution in [0.2, 0.25) is 0 Å². The Morgan fingerprint density at radius 1 is 1.19 bits per heavy atom. The van der Waals surface area contributed by atoms with E-state index in [2.05, 4.69) is 39.6 Å². The molecule has 2 heteroatoms. The largest absolute Gasteiger partial charge is 0.326 e. The van der Waals surface area contributed by atoms with Crippen LogP contribution < -0.4 is 5.73 Å². The molecule has 1 atom stereocenters. The highest BCUT2D eigenvalue weighted by atomic mass is 15.1. The first-order chi connectivity index (χ1) is 7.30. The van der Waals surface area contributed by atoms with Crippen molar-refractivity contribution in [2.24, 2.45) is 17.1 Å². The van der Waals surface area contributed by atoms with Crippen molar-refractivity contribution in [3.05, 3.63) is 0 Å². The van der Waals surface area contributed by atoms with Gasteiger partial charge in [0, 0.05) is 18.6 Å². The number of hydrogen-bond donors (Lipinski definition) is 1. The Labute approximate surface area is 102 Å². The van der Waals surface area contributed by atoms with E-state index in [-0.39, 0.29) is 11.5 Å². The van der Waals surface area contributed by atoms with E-state index in [1.165, 1.54) is 25.7 Å². The summed E-state index contributed by atoms with van der Waals surface area (Å²) in [6, 6.07) is 1.04. The molecule has 0 aromatic heterocycles. The fourth-order valence-corrected chi connectivity index (χ4v) is 2.42. The second-order valence-electron chi connectivity index (χ2n) is 6.83. The SMILES string of the molecule is CC1CCC(N(C)CC(N)C(C)(C)C)CC1. The van der Waals surface area contributed by atoms with Gasteiger partial charge in [-0.15, -0.1) is 0 Å². The van der Waals surface area contributed by atoms with Gasteiger partial charge >= 0.3 is 0 Å². The van der Waals surface area contributed by atoms with Gasteiger partial charge in [0.2, 0.25) is 0 Å². The van der Waals surface area contributed by atoms with Crippen molar-refractivity contribution in [3.8, 4) is 0 Å². The third kappa shape index (κ3) is 4.06. The molecule has 0 radical (unpaired) electrons. The maximum Gasteiger partial charge on any atom is 0.0217 e. The van der Waals surface area contributed by atoms with Crippen molar-refractivity contribution in [2.75, 3.05) is 13.6 Å². The van der Waals surface area contributed by atoms with Gasteiger partial charge in [-0.1, -0.05) is 27.7 Å². The van der Waals surface area contributed by atoms with Gasteiger partial charge in [0.25, 0.3) is 0 Å². The van der Waals surface area contributed by atoms with Crippen molar-refractivity contribution in [1.82, 2.24) is 4.90 Å². The normalized spacial score (nSPS) is 29.4. The van der Waals surface area contributed by atoms with Gasteiger partial charge in [-0.3, -0.25) is 0 Å². The lowest BCUT2D eigenvalue weighted by atomic mass is 9.84. The van der Waals surface area contributed by atoms with E-state index in [0.29, 0.717) is 0 Å². The lowest BCUT2D eigenvalue weighted by Crippen LogP contribution is -2.47. The first kappa shape index (κ1) is 14.0. The first-order valence-electron chi connectivity index (χ1n) is 6.76. The molecule has 0 spiro atoms.